The molecule has 0 atom stereocenters. The van der Waals surface area contributed by atoms with Gasteiger partial charge in [-0.2, -0.15) is 0 Å². The fourth-order valence-electron chi connectivity index (χ4n) is 1.95. The van der Waals surface area contributed by atoms with Crippen LogP contribution < -0.4 is 14.8 Å². The van der Waals surface area contributed by atoms with Crippen LogP contribution in [0.2, 0.25) is 5.02 Å². The number of carbonyl (C=O) groups excluding carboxylic acids is 1. The Balaban J connectivity index is 1.87. The number of carbonyl (C=O) groups is 1. The van der Waals surface area contributed by atoms with Crippen LogP contribution in [0.5, 0.6) is 11.5 Å². The third-order valence-electron chi connectivity index (χ3n) is 3.20. The first-order chi connectivity index (χ1) is 10.6. The molecule has 0 spiro atoms. The number of ether oxygens (including phenoxy) is 2. The van der Waals surface area contributed by atoms with Gasteiger partial charge in [0.25, 0.3) is 5.91 Å². The Morgan fingerprint density at radius 3 is 2.64 bits per heavy atom. The second-order valence-corrected chi connectivity index (χ2v) is 5.20. The molecule has 2 aromatic carbocycles. The zero-order valence-corrected chi connectivity index (χ0v) is 13.3. The van der Waals surface area contributed by atoms with E-state index in [2.05, 4.69) is 5.32 Å². The van der Waals surface area contributed by atoms with Gasteiger partial charge in [0, 0.05) is 6.54 Å². The van der Waals surface area contributed by atoms with Crippen molar-refractivity contribution in [2.75, 3.05) is 13.7 Å². The van der Waals surface area contributed by atoms with E-state index in [1.807, 2.05) is 31.2 Å². The summed E-state index contributed by atoms with van der Waals surface area (Å²) in [6, 6.07) is 12.9. The molecule has 1 amide bonds. The molecule has 0 heterocycles. The normalized spacial score (nSPS) is 10.1. The predicted molar refractivity (Wildman–Crippen MR) is 86.5 cm³/mol. The van der Waals surface area contributed by atoms with Crippen LogP contribution in [-0.2, 0) is 11.3 Å². The Morgan fingerprint density at radius 2 is 1.95 bits per heavy atom. The van der Waals surface area contributed by atoms with Crippen molar-refractivity contribution in [2.45, 2.75) is 13.5 Å². The van der Waals surface area contributed by atoms with Crippen LogP contribution in [0.1, 0.15) is 11.1 Å². The maximum Gasteiger partial charge on any atom is 0.258 e. The molecule has 0 aliphatic carbocycles. The lowest BCUT2D eigenvalue weighted by molar-refractivity contribution is -0.123. The van der Waals surface area contributed by atoms with E-state index in [0.29, 0.717) is 23.1 Å². The molecule has 5 heteroatoms. The van der Waals surface area contributed by atoms with Crippen molar-refractivity contribution in [3.05, 3.63) is 58.6 Å². The molecule has 0 aliphatic heterocycles. The van der Waals surface area contributed by atoms with E-state index in [0.717, 1.165) is 11.1 Å². The van der Waals surface area contributed by atoms with E-state index in [1.165, 1.54) is 0 Å². The van der Waals surface area contributed by atoms with Crippen molar-refractivity contribution >= 4 is 17.5 Å². The van der Waals surface area contributed by atoms with E-state index in [1.54, 1.807) is 25.3 Å². The lowest BCUT2D eigenvalue weighted by Crippen LogP contribution is -2.28. The minimum Gasteiger partial charge on any atom is -0.495 e. The van der Waals surface area contributed by atoms with Gasteiger partial charge in [-0.25, -0.2) is 0 Å². The molecule has 4 nitrogen and oxygen atoms in total. The second-order valence-electron chi connectivity index (χ2n) is 4.79. The van der Waals surface area contributed by atoms with E-state index in [9.17, 15) is 4.79 Å². The van der Waals surface area contributed by atoms with Crippen molar-refractivity contribution in [1.82, 2.24) is 5.32 Å². The van der Waals surface area contributed by atoms with Crippen LogP contribution in [-0.4, -0.2) is 19.6 Å². The van der Waals surface area contributed by atoms with Crippen molar-refractivity contribution < 1.29 is 14.3 Å². The molecule has 1 N–H and O–H groups in total. The molecular weight excluding hydrogens is 302 g/mol. The molecule has 0 saturated heterocycles. The molecule has 2 rings (SSSR count). The number of nitrogens with one attached hydrogen (secondary N) is 1. The first-order valence-corrected chi connectivity index (χ1v) is 7.25. The zero-order chi connectivity index (χ0) is 15.9. The van der Waals surface area contributed by atoms with Gasteiger partial charge < -0.3 is 14.8 Å². The molecule has 0 bridgehead atoms. The van der Waals surface area contributed by atoms with Crippen LogP contribution in [0.4, 0.5) is 0 Å². The highest BCUT2D eigenvalue weighted by Crippen LogP contribution is 2.27. The van der Waals surface area contributed by atoms with Crippen molar-refractivity contribution in [2.24, 2.45) is 0 Å². The van der Waals surface area contributed by atoms with Gasteiger partial charge in [-0.05, 0) is 42.3 Å². The van der Waals surface area contributed by atoms with Gasteiger partial charge in [0.1, 0.15) is 11.5 Å². The summed E-state index contributed by atoms with van der Waals surface area (Å²) in [6.07, 6.45) is 0. The molecule has 0 aliphatic rings. The Kier molecular flexibility index (Phi) is 5.67. The molecule has 116 valence electrons. The quantitative estimate of drug-likeness (QED) is 0.888. The van der Waals surface area contributed by atoms with Gasteiger partial charge in [-0.3, -0.25) is 4.79 Å². The lowest BCUT2D eigenvalue weighted by Gasteiger charge is -2.11. The summed E-state index contributed by atoms with van der Waals surface area (Å²) in [6.45, 7) is 2.32. The van der Waals surface area contributed by atoms with E-state index in [-0.39, 0.29) is 12.5 Å². The molecular formula is C17H18ClNO3. The summed E-state index contributed by atoms with van der Waals surface area (Å²) in [5, 5.41) is 3.34. The van der Waals surface area contributed by atoms with Crippen LogP contribution >= 0.6 is 11.6 Å². The maximum atomic E-state index is 11.8. The molecule has 2 aromatic rings. The zero-order valence-electron chi connectivity index (χ0n) is 12.6. The number of halogens is 1. The van der Waals surface area contributed by atoms with Crippen LogP contribution in [0.3, 0.4) is 0 Å². The van der Waals surface area contributed by atoms with Gasteiger partial charge in [-0.15, -0.1) is 0 Å². The van der Waals surface area contributed by atoms with Crippen LogP contribution in [0, 0.1) is 6.92 Å². The third-order valence-corrected chi connectivity index (χ3v) is 3.49. The van der Waals surface area contributed by atoms with E-state index >= 15 is 0 Å². The van der Waals surface area contributed by atoms with Crippen molar-refractivity contribution in [3.63, 3.8) is 0 Å². The van der Waals surface area contributed by atoms with Crippen molar-refractivity contribution in [1.29, 1.82) is 0 Å². The predicted octanol–water partition coefficient (Wildman–Crippen LogP) is 3.35. The smallest absolute Gasteiger partial charge is 0.258 e. The largest absolute Gasteiger partial charge is 0.495 e. The van der Waals surface area contributed by atoms with Gasteiger partial charge in [0.05, 0.1) is 12.1 Å². The molecule has 22 heavy (non-hydrogen) atoms. The Hall–Kier alpha value is -2.20. The number of methoxy groups -OCH3 is 1. The lowest BCUT2D eigenvalue weighted by atomic mass is 10.1. The second kappa shape index (κ2) is 7.71. The third kappa shape index (κ3) is 4.40. The number of hydrogen-bond acceptors (Lipinski definition) is 3. The number of aryl methyl sites for hydroxylation is 1. The van der Waals surface area contributed by atoms with Crippen LogP contribution in [0.15, 0.2) is 42.5 Å². The monoisotopic (exact) mass is 319 g/mol. The Bertz CT molecular complexity index is 644. The molecule has 0 unspecified atom stereocenters. The average Bonchev–Trinajstić information content (AvgIpc) is 2.54. The number of para-hydroxylation sites is 1. The average molecular weight is 320 g/mol. The summed E-state index contributed by atoms with van der Waals surface area (Å²) in [5.74, 6) is 1.11. The number of amides is 1. The summed E-state index contributed by atoms with van der Waals surface area (Å²) in [5.41, 5.74) is 1.95. The maximum absolute atomic E-state index is 11.8. The minimum atomic E-state index is -0.185. The summed E-state index contributed by atoms with van der Waals surface area (Å²) >= 11 is 6.10. The SMILES string of the molecule is COc1cc(C)c(CNC(=O)COc2ccccc2)cc1Cl. The first kappa shape index (κ1) is 16.2. The summed E-state index contributed by atoms with van der Waals surface area (Å²) < 4.78 is 10.5. The number of hydrogen-bond donors (Lipinski definition) is 1. The van der Waals surface area contributed by atoms with Gasteiger partial charge >= 0.3 is 0 Å². The van der Waals surface area contributed by atoms with Crippen molar-refractivity contribution in [3.8, 4) is 11.5 Å². The minimum absolute atomic E-state index is 0.0209. The highest BCUT2D eigenvalue weighted by atomic mass is 35.5. The van der Waals surface area contributed by atoms with Gasteiger partial charge in [0.15, 0.2) is 6.61 Å². The summed E-state index contributed by atoms with van der Waals surface area (Å²) in [4.78, 5) is 11.8. The number of rotatable bonds is 6. The van der Waals surface area contributed by atoms with Crippen LogP contribution in [0.25, 0.3) is 0 Å². The number of benzene rings is 2. The Labute approximate surface area is 135 Å². The standard InChI is InChI=1S/C17H18ClNO3/c1-12-8-16(21-2)15(18)9-13(12)10-19-17(20)11-22-14-6-4-3-5-7-14/h3-9H,10-11H2,1-2H3,(H,19,20). The van der Waals surface area contributed by atoms with E-state index in [4.69, 9.17) is 21.1 Å². The molecule has 0 fully saturated rings. The molecule has 0 saturated carbocycles. The molecule has 0 radical (unpaired) electrons. The fraction of sp³-hybridized carbons (Fsp3) is 0.235. The topological polar surface area (TPSA) is 47.6 Å². The highest BCUT2D eigenvalue weighted by Gasteiger charge is 2.08. The summed E-state index contributed by atoms with van der Waals surface area (Å²) in [7, 11) is 1.57. The van der Waals surface area contributed by atoms with Gasteiger partial charge in [0.2, 0.25) is 0 Å². The fourth-order valence-corrected chi connectivity index (χ4v) is 2.22. The van der Waals surface area contributed by atoms with Gasteiger partial charge in [-0.1, -0.05) is 29.8 Å². The van der Waals surface area contributed by atoms with E-state index < -0.39 is 0 Å². The molecule has 0 aromatic heterocycles. The Morgan fingerprint density at radius 1 is 1.23 bits per heavy atom. The first-order valence-electron chi connectivity index (χ1n) is 6.87. The highest BCUT2D eigenvalue weighted by molar-refractivity contribution is 6.32.